The first-order chi connectivity index (χ1) is 9.50. The minimum Gasteiger partial charge on any atom is -0.361 e. The molecule has 2 nitrogen and oxygen atoms in total. The molecule has 0 unspecified atom stereocenters. The maximum absolute atomic E-state index is 13.0. The first kappa shape index (κ1) is 12.8. The van der Waals surface area contributed by atoms with Gasteiger partial charge in [-0.2, -0.15) is 29.8 Å². The molecule has 0 saturated heterocycles. The third kappa shape index (κ3) is 1.96. The predicted octanol–water partition coefficient (Wildman–Crippen LogP) is 4.79. The molecule has 0 amide bonds. The molecule has 0 spiro atoms. The first-order valence-electron chi connectivity index (χ1n) is 5.65. The number of thiophene rings is 1. The standard InChI is InChI=1S/C14H7F3N2S/c15-14(16,17)12-7-20-6-11(12)10-5-19-13-2-1-8(4-18)3-9(10)13/h1-3,5-7,19H. The van der Waals surface area contributed by atoms with Crippen molar-refractivity contribution in [2.24, 2.45) is 0 Å². The van der Waals surface area contributed by atoms with Gasteiger partial charge in [-0.15, -0.1) is 0 Å². The van der Waals surface area contributed by atoms with Crippen LogP contribution in [-0.2, 0) is 6.18 Å². The number of halogens is 3. The molecule has 3 rings (SSSR count). The van der Waals surface area contributed by atoms with Crippen molar-refractivity contribution in [3.05, 3.63) is 46.3 Å². The second-order valence-corrected chi connectivity index (χ2v) is 5.01. The van der Waals surface area contributed by atoms with Crippen molar-refractivity contribution < 1.29 is 13.2 Å². The number of hydrogen-bond donors (Lipinski definition) is 1. The van der Waals surface area contributed by atoms with Crippen LogP contribution in [0.25, 0.3) is 22.0 Å². The van der Waals surface area contributed by atoms with E-state index < -0.39 is 11.7 Å². The van der Waals surface area contributed by atoms with Crippen LogP contribution >= 0.6 is 11.3 Å². The average Bonchev–Trinajstić information content (AvgIpc) is 3.02. The molecule has 2 aromatic heterocycles. The van der Waals surface area contributed by atoms with Crippen molar-refractivity contribution in [1.82, 2.24) is 4.98 Å². The molecule has 20 heavy (non-hydrogen) atoms. The van der Waals surface area contributed by atoms with Crippen LogP contribution in [0.5, 0.6) is 0 Å². The molecule has 0 atom stereocenters. The molecule has 0 aliphatic rings. The van der Waals surface area contributed by atoms with Crippen molar-refractivity contribution >= 4 is 22.2 Å². The number of H-pyrrole nitrogens is 1. The molecule has 3 aromatic rings. The highest BCUT2D eigenvalue weighted by Gasteiger charge is 2.34. The summed E-state index contributed by atoms with van der Waals surface area (Å²) in [4.78, 5) is 2.93. The maximum atomic E-state index is 13.0. The summed E-state index contributed by atoms with van der Waals surface area (Å²) >= 11 is 1.01. The summed E-state index contributed by atoms with van der Waals surface area (Å²) in [5, 5.41) is 12.1. The van der Waals surface area contributed by atoms with Gasteiger partial charge in [-0.25, -0.2) is 0 Å². The normalized spacial score (nSPS) is 11.7. The predicted molar refractivity (Wildman–Crippen MR) is 71.3 cm³/mol. The van der Waals surface area contributed by atoms with E-state index in [1.165, 1.54) is 5.38 Å². The fourth-order valence-electron chi connectivity index (χ4n) is 2.14. The number of rotatable bonds is 1. The lowest BCUT2D eigenvalue weighted by Crippen LogP contribution is -2.04. The Morgan fingerprint density at radius 2 is 1.95 bits per heavy atom. The Morgan fingerprint density at radius 3 is 2.65 bits per heavy atom. The monoisotopic (exact) mass is 292 g/mol. The van der Waals surface area contributed by atoms with Gasteiger partial charge in [0.15, 0.2) is 0 Å². The molecule has 100 valence electrons. The molecule has 1 aromatic carbocycles. The highest BCUT2D eigenvalue weighted by Crippen LogP contribution is 2.41. The molecule has 0 aliphatic heterocycles. The molecule has 2 heterocycles. The highest BCUT2D eigenvalue weighted by atomic mass is 32.1. The Kier molecular flexibility index (Phi) is 2.80. The minimum absolute atomic E-state index is 0.142. The van der Waals surface area contributed by atoms with E-state index in [1.807, 2.05) is 6.07 Å². The first-order valence-corrected chi connectivity index (χ1v) is 6.60. The van der Waals surface area contributed by atoms with Gasteiger partial charge in [0.05, 0.1) is 17.2 Å². The Hall–Kier alpha value is -2.26. The van der Waals surface area contributed by atoms with Gasteiger partial charge in [0.2, 0.25) is 0 Å². The van der Waals surface area contributed by atoms with Crippen LogP contribution in [0.1, 0.15) is 11.1 Å². The Labute approximate surface area is 116 Å². The molecule has 0 radical (unpaired) electrons. The Balaban J connectivity index is 2.26. The number of nitriles is 1. The van der Waals surface area contributed by atoms with Crippen LogP contribution in [0.15, 0.2) is 35.2 Å². The van der Waals surface area contributed by atoms with E-state index in [9.17, 15) is 13.2 Å². The van der Waals surface area contributed by atoms with E-state index in [0.717, 1.165) is 16.7 Å². The lowest BCUT2D eigenvalue weighted by molar-refractivity contribution is -0.136. The third-order valence-electron chi connectivity index (χ3n) is 3.07. The van der Waals surface area contributed by atoms with Gasteiger partial charge in [0, 0.05) is 33.6 Å². The lowest BCUT2D eigenvalue weighted by Gasteiger charge is -2.07. The fraction of sp³-hybridized carbons (Fsp3) is 0.0714. The summed E-state index contributed by atoms with van der Waals surface area (Å²) in [7, 11) is 0. The van der Waals surface area contributed by atoms with E-state index in [0.29, 0.717) is 22.0 Å². The van der Waals surface area contributed by atoms with Crippen LogP contribution in [0.3, 0.4) is 0 Å². The number of alkyl halides is 3. The number of hydrogen-bond acceptors (Lipinski definition) is 2. The van der Waals surface area contributed by atoms with E-state index in [4.69, 9.17) is 5.26 Å². The molecular weight excluding hydrogens is 285 g/mol. The van der Waals surface area contributed by atoms with Gasteiger partial charge in [0.1, 0.15) is 0 Å². The zero-order chi connectivity index (χ0) is 14.3. The largest absolute Gasteiger partial charge is 0.417 e. The van der Waals surface area contributed by atoms with Crippen LogP contribution in [0.2, 0.25) is 0 Å². The number of nitrogens with one attached hydrogen (secondary N) is 1. The van der Waals surface area contributed by atoms with Gasteiger partial charge in [-0.05, 0) is 23.6 Å². The minimum atomic E-state index is -4.38. The van der Waals surface area contributed by atoms with Crippen molar-refractivity contribution in [2.45, 2.75) is 6.18 Å². The lowest BCUT2D eigenvalue weighted by atomic mass is 10.0. The van der Waals surface area contributed by atoms with Crippen molar-refractivity contribution in [1.29, 1.82) is 5.26 Å². The molecule has 0 bridgehead atoms. The van der Waals surface area contributed by atoms with Crippen molar-refractivity contribution in [2.75, 3.05) is 0 Å². The van der Waals surface area contributed by atoms with Crippen LogP contribution in [-0.4, -0.2) is 4.98 Å². The molecule has 0 fully saturated rings. The summed E-state index contributed by atoms with van der Waals surface area (Å²) in [6, 6.07) is 6.91. The highest BCUT2D eigenvalue weighted by molar-refractivity contribution is 7.08. The number of nitrogens with zero attached hydrogens (tertiary/aromatic N) is 1. The zero-order valence-electron chi connectivity index (χ0n) is 9.95. The van der Waals surface area contributed by atoms with Gasteiger partial charge < -0.3 is 4.98 Å². The van der Waals surface area contributed by atoms with E-state index in [1.54, 1.807) is 24.4 Å². The van der Waals surface area contributed by atoms with Crippen LogP contribution in [0.4, 0.5) is 13.2 Å². The van der Waals surface area contributed by atoms with Gasteiger partial charge >= 0.3 is 6.18 Å². The van der Waals surface area contributed by atoms with E-state index >= 15 is 0 Å². The average molecular weight is 292 g/mol. The molecule has 6 heteroatoms. The van der Waals surface area contributed by atoms with Gasteiger partial charge in [-0.1, -0.05) is 0 Å². The molecule has 0 aliphatic carbocycles. The quantitative estimate of drug-likeness (QED) is 0.688. The van der Waals surface area contributed by atoms with E-state index in [2.05, 4.69) is 4.98 Å². The summed E-state index contributed by atoms with van der Waals surface area (Å²) in [5.41, 5.74) is 1.08. The smallest absolute Gasteiger partial charge is 0.361 e. The SMILES string of the molecule is N#Cc1ccc2[nH]cc(-c3cscc3C(F)(F)F)c2c1. The maximum Gasteiger partial charge on any atom is 0.417 e. The fourth-order valence-corrected chi connectivity index (χ4v) is 2.99. The topological polar surface area (TPSA) is 39.6 Å². The number of aromatic amines is 1. The van der Waals surface area contributed by atoms with E-state index in [-0.39, 0.29) is 5.56 Å². The van der Waals surface area contributed by atoms with Gasteiger partial charge in [0.25, 0.3) is 0 Å². The second-order valence-electron chi connectivity index (χ2n) is 4.27. The molecular formula is C14H7F3N2S. The van der Waals surface area contributed by atoms with Crippen molar-refractivity contribution in [3.8, 4) is 17.2 Å². The van der Waals surface area contributed by atoms with Gasteiger partial charge in [-0.3, -0.25) is 0 Å². The number of benzene rings is 1. The summed E-state index contributed by atoms with van der Waals surface area (Å²) in [5.74, 6) is 0. The molecule has 0 saturated carbocycles. The molecule has 1 N–H and O–H groups in total. The number of fused-ring (bicyclic) bond motifs is 1. The summed E-state index contributed by atoms with van der Waals surface area (Å²) in [6.07, 6.45) is -2.84. The van der Waals surface area contributed by atoms with Crippen LogP contribution < -0.4 is 0 Å². The third-order valence-corrected chi connectivity index (χ3v) is 3.81. The summed E-state index contributed by atoms with van der Waals surface area (Å²) < 4.78 is 38.9. The van der Waals surface area contributed by atoms with Crippen molar-refractivity contribution in [3.63, 3.8) is 0 Å². The Bertz CT molecular complexity index is 821. The van der Waals surface area contributed by atoms with Crippen LogP contribution in [0, 0.1) is 11.3 Å². The summed E-state index contributed by atoms with van der Waals surface area (Å²) in [6.45, 7) is 0. The second kappa shape index (κ2) is 4.39. The number of aromatic nitrogens is 1. The zero-order valence-corrected chi connectivity index (χ0v) is 10.8. The Morgan fingerprint density at radius 1 is 1.15 bits per heavy atom.